The number of fused-ring (bicyclic) bond motifs is 1. The normalized spacial score (nSPS) is 12.0. The molecule has 5 nitrogen and oxygen atoms in total. The summed E-state index contributed by atoms with van der Waals surface area (Å²) in [5.41, 5.74) is 3.27. The fourth-order valence-electron chi connectivity index (χ4n) is 3.59. The molecule has 0 radical (unpaired) electrons. The number of nitrogens with one attached hydrogen (secondary N) is 1. The highest BCUT2D eigenvalue weighted by atomic mass is 16.5. The first-order valence-electron chi connectivity index (χ1n) is 9.83. The summed E-state index contributed by atoms with van der Waals surface area (Å²) < 4.78 is 11.0. The van der Waals surface area contributed by atoms with Crippen LogP contribution in [0.2, 0.25) is 0 Å². The number of benzene rings is 2. The van der Waals surface area contributed by atoms with Crippen LogP contribution < -0.4 is 15.7 Å². The predicted octanol–water partition coefficient (Wildman–Crippen LogP) is 4.10. The molecule has 3 aromatic rings. The van der Waals surface area contributed by atoms with E-state index in [1.807, 2.05) is 51.1 Å². The van der Waals surface area contributed by atoms with Gasteiger partial charge in [-0.05, 0) is 62.4 Å². The summed E-state index contributed by atoms with van der Waals surface area (Å²) in [5, 5.41) is 3.72. The molecule has 0 bridgehead atoms. The predicted molar refractivity (Wildman–Crippen MR) is 115 cm³/mol. The van der Waals surface area contributed by atoms with E-state index in [-0.39, 0.29) is 18.4 Å². The number of ether oxygens (including phenoxy) is 1. The molecule has 0 spiro atoms. The third kappa shape index (κ3) is 4.86. The van der Waals surface area contributed by atoms with Crippen LogP contribution in [0.3, 0.4) is 0 Å². The van der Waals surface area contributed by atoms with Gasteiger partial charge in [0.15, 0.2) is 0 Å². The van der Waals surface area contributed by atoms with Crippen LogP contribution in [-0.4, -0.2) is 19.1 Å². The maximum absolute atomic E-state index is 12.6. The minimum absolute atomic E-state index is 0.00713. The number of aryl methyl sites for hydroxylation is 3. The Morgan fingerprint density at radius 1 is 1.17 bits per heavy atom. The molecule has 0 saturated carbocycles. The maximum atomic E-state index is 12.6. The summed E-state index contributed by atoms with van der Waals surface area (Å²) in [7, 11) is 1.58. The minimum atomic E-state index is -0.477. The molecule has 29 heavy (non-hydrogen) atoms. The summed E-state index contributed by atoms with van der Waals surface area (Å²) in [6.45, 7) is 5.72. The van der Waals surface area contributed by atoms with Crippen molar-refractivity contribution in [1.29, 1.82) is 0 Å². The van der Waals surface area contributed by atoms with E-state index in [1.165, 1.54) is 5.56 Å². The standard InChI is InChI=1S/C24H27NO4/c1-15-12-20(28-4)23-17(3)19(24(27)29-21(23)13-15)14-22(26)25-16(2)10-11-18-8-6-5-7-9-18/h5-9,12-13,16H,10-11,14H2,1-4H3,(H,25,26). The first-order valence-corrected chi connectivity index (χ1v) is 9.83. The summed E-state index contributed by atoms with van der Waals surface area (Å²) in [6, 6.07) is 13.9. The van der Waals surface area contributed by atoms with Crippen molar-refractivity contribution >= 4 is 16.9 Å². The number of carbonyl (C=O) groups is 1. The van der Waals surface area contributed by atoms with Gasteiger partial charge in [0.05, 0.1) is 24.5 Å². The van der Waals surface area contributed by atoms with E-state index in [0.29, 0.717) is 16.9 Å². The van der Waals surface area contributed by atoms with Crippen molar-refractivity contribution in [3.63, 3.8) is 0 Å². The van der Waals surface area contributed by atoms with Crippen molar-refractivity contribution in [3.8, 4) is 5.75 Å². The molecule has 2 aromatic carbocycles. The topological polar surface area (TPSA) is 68.5 Å². The monoisotopic (exact) mass is 393 g/mol. The zero-order valence-corrected chi connectivity index (χ0v) is 17.4. The lowest BCUT2D eigenvalue weighted by molar-refractivity contribution is -0.121. The van der Waals surface area contributed by atoms with Gasteiger partial charge >= 0.3 is 5.63 Å². The quantitative estimate of drug-likeness (QED) is 0.614. The summed E-state index contributed by atoms with van der Waals surface area (Å²) in [6.07, 6.45) is 1.70. The molecule has 0 saturated heterocycles. The second-order valence-corrected chi connectivity index (χ2v) is 7.50. The fraction of sp³-hybridized carbons (Fsp3) is 0.333. The zero-order chi connectivity index (χ0) is 21.0. The lowest BCUT2D eigenvalue weighted by Gasteiger charge is -2.15. The van der Waals surface area contributed by atoms with Crippen molar-refractivity contribution in [2.45, 2.75) is 46.1 Å². The van der Waals surface area contributed by atoms with Crippen LogP contribution in [0.1, 0.15) is 35.6 Å². The van der Waals surface area contributed by atoms with E-state index in [1.54, 1.807) is 7.11 Å². The highest BCUT2D eigenvalue weighted by Gasteiger charge is 2.18. The van der Waals surface area contributed by atoms with Crippen molar-refractivity contribution < 1.29 is 13.9 Å². The Bertz CT molecular complexity index is 1070. The molecule has 0 aliphatic carbocycles. The highest BCUT2D eigenvalue weighted by Crippen LogP contribution is 2.30. The van der Waals surface area contributed by atoms with E-state index in [0.717, 1.165) is 29.4 Å². The molecule has 152 valence electrons. The lowest BCUT2D eigenvalue weighted by Crippen LogP contribution is -2.35. The van der Waals surface area contributed by atoms with Gasteiger partial charge in [-0.25, -0.2) is 4.79 Å². The maximum Gasteiger partial charge on any atom is 0.340 e. The van der Waals surface area contributed by atoms with E-state index in [4.69, 9.17) is 9.15 Å². The Morgan fingerprint density at radius 3 is 2.59 bits per heavy atom. The smallest absolute Gasteiger partial charge is 0.340 e. The molecule has 0 aliphatic rings. The van der Waals surface area contributed by atoms with Crippen LogP contribution in [0, 0.1) is 13.8 Å². The third-order valence-corrected chi connectivity index (χ3v) is 5.16. The van der Waals surface area contributed by atoms with E-state index in [9.17, 15) is 9.59 Å². The summed E-state index contributed by atoms with van der Waals surface area (Å²) >= 11 is 0. The van der Waals surface area contributed by atoms with Gasteiger partial charge in [-0.2, -0.15) is 0 Å². The molecule has 1 aromatic heterocycles. The number of carbonyl (C=O) groups excluding carboxylic acids is 1. The molecule has 1 atom stereocenters. The summed E-state index contributed by atoms with van der Waals surface area (Å²) in [5.74, 6) is 0.450. The molecule has 1 amide bonds. The Morgan fingerprint density at radius 2 is 1.90 bits per heavy atom. The Labute approximate surface area is 170 Å². The number of hydrogen-bond donors (Lipinski definition) is 1. The van der Waals surface area contributed by atoms with Gasteiger partial charge in [-0.15, -0.1) is 0 Å². The first kappa shape index (κ1) is 20.6. The van der Waals surface area contributed by atoms with Crippen LogP contribution >= 0.6 is 0 Å². The molecule has 1 N–H and O–H groups in total. The average molecular weight is 393 g/mol. The first-order chi connectivity index (χ1) is 13.9. The molecular weight excluding hydrogens is 366 g/mol. The third-order valence-electron chi connectivity index (χ3n) is 5.16. The van der Waals surface area contributed by atoms with E-state index in [2.05, 4.69) is 17.4 Å². The van der Waals surface area contributed by atoms with E-state index < -0.39 is 5.63 Å². The zero-order valence-electron chi connectivity index (χ0n) is 17.4. The van der Waals surface area contributed by atoms with Gasteiger partial charge in [0.2, 0.25) is 5.91 Å². The number of methoxy groups -OCH3 is 1. The van der Waals surface area contributed by atoms with Gasteiger partial charge in [-0.1, -0.05) is 30.3 Å². The SMILES string of the molecule is COc1cc(C)cc2oc(=O)c(CC(=O)NC(C)CCc3ccccc3)c(C)c12. The van der Waals surface area contributed by atoms with Gasteiger partial charge in [0.25, 0.3) is 0 Å². The van der Waals surface area contributed by atoms with Gasteiger partial charge in [0, 0.05) is 6.04 Å². The average Bonchev–Trinajstić information content (AvgIpc) is 2.69. The highest BCUT2D eigenvalue weighted by molar-refractivity contribution is 5.89. The van der Waals surface area contributed by atoms with Gasteiger partial charge < -0.3 is 14.5 Å². The van der Waals surface area contributed by atoms with Gasteiger partial charge in [-0.3, -0.25) is 4.79 Å². The Balaban J connectivity index is 1.74. The van der Waals surface area contributed by atoms with Crippen molar-refractivity contribution in [1.82, 2.24) is 5.32 Å². The number of amides is 1. The van der Waals surface area contributed by atoms with Crippen LogP contribution in [0.15, 0.2) is 51.7 Å². The second-order valence-electron chi connectivity index (χ2n) is 7.50. The van der Waals surface area contributed by atoms with Gasteiger partial charge in [0.1, 0.15) is 11.3 Å². The Kier molecular flexibility index (Phi) is 6.37. The summed E-state index contributed by atoms with van der Waals surface area (Å²) in [4.78, 5) is 25.1. The van der Waals surface area contributed by atoms with Crippen LogP contribution in [0.25, 0.3) is 11.0 Å². The van der Waals surface area contributed by atoms with Crippen molar-refractivity contribution in [2.75, 3.05) is 7.11 Å². The molecular formula is C24H27NO4. The molecule has 0 aliphatic heterocycles. The number of rotatable bonds is 7. The molecule has 5 heteroatoms. The van der Waals surface area contributed by atoms with Crippen molar-refractivity contribution in [3.05, 3.63) is 75.1 Å². The Hall–Kier alpha value is -3.08. The van der Waals surface area contributed by atoms with E-state index >= 15 is 0 Å². The van der Waals surface area contributed by atoms with Crippen molar-refractivity contribution in [2.24, 2.45) is 0 Å². The lowest BCUT2D eigenvalue weighted by atomic mass is 10.0. The molecule has 3 rings (SSSR count). The largest absolute Gasteiger partial charge is 0.496 e. The van der Waals surface area contributed by atoms with Crippen LogP contribution in [0.5, 0.6) is 5.75 Å². The molecule has 1 heterocycles. The molecule has 1 unspecified atom stereocenters. The van der Waals surface area contributed by atoms with Crippen LogP contribution in [0.4, 0.5) is 0 Å². The molecule has 0 fully saturated rings. The number of hydrogen-bond acceptors (Lipinski definition) is 4. The van der Waals surface area contributed by atoms with Crippen LogP contribution in [-0.2, 0) is 17.6 Å². The second kappa shape index (κ2) is 8.95. The minimum Gasteiger partial charge on any atom is -0.496 e. The fourth-order valence-corrected chi connectivity index (χ4v) is 3.59.